The Kier molecular flexibility index (Phi) is 10.0. The number of likely N-dealkylation sites (tertiary alicyclic amines) is 1. The van der Waals surface area contributed by atoms with Crippen molar-refractivity contribution >= 4 is 49.9 Å². The molecular weight excluding hydrogens is 859 g/mol. The second kappa shape index (κ2) is 15.1. The van der Waals surface area contributed by atoms with Crippen LogP contribution in [0.15, 0.2) is 41.9 Å². The van der Waals surface area contributed by atoms with Crippen molar-refractivity contribution in [3.05, 3.63) is 58.2 Å². The largest absolute Gasteiger partial charge is 0.464 e. The molecule has 0 radical (unpaired) electrons. The van der Waals surface area contributed by atoms with Crippen molar-refractivity contribution in [1.29, 1.82) is 0 Å². The van der Waals surface area contributed by atoms with Gasteiger partial charge < -0.3 is 28.8 Å². The number of carbonyl (C=O) groups is 3. The summed E-state index contributed by atoms with van der Waals surface area (Å²) in [5.74, 6) is -1.02. The summed E-state index contributed by atoms with van der Waals surface area (Å²) in [6.45, 7) is 11.6. The number of hydrazine groups is 1. The van der Waals surface area contributed by atoms with E-state index in [0.717, 1.165) is 44.7 Å². The molecule has 2 N–H and O–H groups in total. The van der Waals surface area contributed by atoms with Crippen molar-refractivity contribution in [1.82, 2.24) is 35.2 Å². The van der Waals surface area contributed by atoms with E-state index in [1.54, 1.807) is 13.3 Å². The first-order valence-electron chi connectivity index (χ1n) is 22.4. The highest BCUT2D eigenvalue weighted by Crippen LogP contribution is 2.49. The highest BCUT2D eigenvalue weighted by Gasteiger charge is 2.60. The third-order valence-corrected chi connectivity index (χ3v) is 17.4. The number of fused-ring (bicyclic) bond motifs is 4. The van der Waals surface area contributed by atoms with Crippen molar-refractivity contribution < 1.29 is 41.7 Å². The van der Waals surface area contributed by atoms with Crippen LogP contribution in [0.3, 0.4) is 0 Å². The molecular formula is C46H55N7O9S2. The Balaban J connectivity index is 1.09. The minimum atomic E-state index is -3.23. The van der Waals surface area contributed by atoms with Crippen molar-refractivity contribution in [2.24, 2.45) is 22.7 Å². The Labute approximate surface area is 376 Å². The lowest BCUT2D eigenvalue weighted by Gasteiger charge is -2.58. The Morgan fingerprint density at radius 1 is 1.11 bits per heavy atom. The van der Waals surface area contributed by atoms with Crippen LogP contribution in [0.4, 0.5) is 0 Å². The van der Waals surface area contributed by atoms with Crippen LogP contribution in [0.1, 0.15) is 75.0 Å². The number of sulfone groups is 1. The highest BCUT2D eigenvalue weighted by molar-refractivity contribution is 7.92. The Morgan fingerprint density at radius 3 is 2.56 bits per heavy atom. The van der Waals surface area contributed by atoms with Gasteiger partial charge >= 0.3 is 5.97 Å². The number of hydrogen-bond donors (Lipinski definition) is 2. The number of carbonyl (C=O) groups excluding carboxylic acids is 3. The average molecular weight is 914 g/mol. The van der Waals surface area contributed by atoms with Crippen molar-refractivity contribution in [2.45, 2.75) is 82.8 Å². The highest BCUT2D eigenvalue weighted by atomic mass is 32.2. The minimum absolute atomic E-state index is 0.00122. The molecule has 1 saturated carbocycles. The molecule has 2 spiro atoms. The molecule has 7 aliphatic heterocycles. The third-order valence-electron chi connectivity index (χ3n) is 14.7. The van der Waals surface area contributed by atoms with E-state index < -0.39 is 44.9 Å². The van der Waals surface area contributed by atoms with Crippen LogP contribution in [-0.4, -0.2) is 133 Å². The number of benzene rings is 1. The standard InChI is InChI=1S/C46H55N7O9S2/c1-25-16-61-39(25)40(54)49-36-38(51-20-45(21-51)23-60-24-45)41-48-33(17-63-41)28-8-9-34-31(11-28)32(14-44(3,4)22-62-43(56)46-12-27(13-46)15-52(50-46)42(36)55)37(53(34)29-18-64(57,58)19-29)30-7-6-10-47-35(30)26(2)59-5/h6-11,17,25-27,29,36,38-39,50H,12-16,18-24H2,1-5H3,(H,49,54)/t25-,26-,27?,36-,38-,39-,46?/m0/s1. The van der Waals surface area contributed by atoms with Gasteiger partial charge in [-0.1, -0.05) is 26.8 Å². The zero-order chi connectivity index (χ0) is 44.5. The second-order valence-electron chi connectivity index (χ2n) is 20.4. The molecule has 5 atom stereocenters. The summed E-state index contributed by atoms with van der Waals surface area (Å²) >= 11 is 1.45. The second-order valence-corrected chi connectivity index (χ2v) is 23.5. The number of methoxy groups -OCH3 is 1. The number of cyclic esters (lactones) is 1. The van der Waals surface area contributed by atoms with Crippen LogP contribution in [-0.2, 0) is 49.6 Å². The van der Waals surface area contributed by atoms with E-state index in [0.29, 0.717) is 63.7 Å². The Morgan fingerprint density at radius 2 is 1.89 bits per heavy atom. The normalized spacial score (nSPS) is 31.1. The summed E-state index contributed by atoms with van der Waals surface area (Å²) in [4.78, 5) is 55.8. The Bertz CT molecular complexity index is 2670. The fraction of sp³-hybridized carbons (Fsp3) is 0.587. The predicted molar refractivity (Wildman–Crippen MR) is 237 cm³/mol. The third kappa shape index (κ3) is 6.92. The van der Waals surface area contributed by atoms with Gasteiger partial charge in [-0.25, -0.2) is 23.6 Å². The molecule has 7 bridgehead atoms. The van der Waals surface area contributed by atoms with Crippen LogP contribution in [0.5, 0.6) is 0 Å². The van der Waals surface area contributed by atoms with Crippen molar-refractivity contribution in [3.63, 3.8) is 0 Å². The molecule has 64 heavy (non-hydrogen) atoms. The zero-order valence-electron chi connectivity index (χ0n) is 36.8. The molecule has 1 aliphatic carbocycles. The molecule has 2 amide bonds. The Hall–Kier alpha value is -4.30. The molecule has 4 aromatic rings. The van der Waals surface area contributed by atoms with E-state index in [9.17, 15) is 18.0 Å². The zero-order valence-corrected chi connectivity index (χ0v) is 38.4. The van der Waals surface area contributed by atoms with E-state index in [2.05, 4.69) is 46.2 Å². The maximum absolute atomic E-state index is 15.1. The molecule has 12 rings (SSSR count). The molecule has 6 saturated heterocycles. The number of thiazole rings is 1. The lowest BCUT2D eigenvalue weighted by molar-refractivity contribution is -0.204. The number of amides is 2. The van der Waals surface area contributed by atoms with Crippen molar-refractivity contribution in [2.75, 3.05) is 64.7 Å². The lowest BCUT2D eigenvalue weighted by Crippen LogP contribution is -2.76. The van der Waals surface area contributed by atoms with Crippen LogP contribution in [0.2, 0.25) is 0 Å². The number of pyridine rings is 1. The fourth-order valence-electron chi connectivity index (χ4n) is 11.2. The first-order valence-corrected chi connectivity index (χ1v) is 25.1. The minimum Gasteiger partial charge on any atom is -0.464 e. The van der Waals surface area contributed by atoms with E-state index >= 15 is 4.79 Å². The first kappa shape index (κ1) is 42.3. The van der Waals surface area contributed by atoms with Gasteiger partial charge in [0.2, 0.25) is 5.91 Å². The molecule has 8 aliphatic rings. The van der Waals surface area contributed by atoms with Crippen molar-refractivity contribution in [3.8, 4) is 22.5 Å². The van der Waals surface area contributed by atoms with Gasteiger partial charge in [-0.05, 0) is 61.9 Å². The van der Waals surface area contributed by atoms with E-state index in [-0.39, 0.29) is 59.3 Å². The maximum atomic E-state index is 15.1. The topological polar surface area (TPSA) is 184 Å². The first-order chi connectivity index (χ1) is 30.6. The molecule has 1 aromatic carbocycles. The van der Waals surface area contributed by atoms with E-state index in [1.807, 2.05) is 37.4 Å². The van der Waals surface area contributed by atoms with Gasteiger partial charge in [-0.2, -0.15) is 0 Å². The van der Waals surface area contributed by atoms with E-state index in [4.69, 9.17) is 28.9 Å². The smallest absolute Gasteiger partial charge is 0.328 e. The number of hydrogen-bond acceptors (Lipinski definition) is 14. The van der Waals surface area contributed by atoms with Gasteiger partial charge in [0.05, 0.1) is 73.2 Å². The average Bonchev–Trinajstić information content (AvgIpc) is 3.82. The monoisotopic (exact) mass is 913 g/mol. The molecule has 16 nitrogen and oxygen atoms in total. The molecule has 10 heterocycles. The molecule has 3 aromatic heterocycles. The van der Waals surface area contributed by atoms with Crippen LogP contribution < -0.4 is 10.7 Å². The summed E-state index contributed by atoms with van der Waals surface area (Å²) in [7, 11) is -1.58. The number of nitrogens with one attached hydrogen (secondary N) is 2. The van der Waals surface area contributed by atoms with Gasteiger partial charge in [0.1, 0.15) is 22.7 Å². The quantitative estimate of drug-likeness (QED) is 0.254. The summed E-state index contributed by atoms with van der Waals surface area (Å²) in [5, 5.41) is 8.30. The number of nitrogens with zero attached hydrogens (tertiary/aromatic N) is 5. The predicted octanol–water partition coefficient (Wildman–Crippen LogP) is 4.02. The fourth-order valence-corrected chi connectivity index (χ4v) is 13.5. The summed E-state index contributed by atoms with van der Waals surface area (Å²) < 4.78 is 51.4. The van der Waals surface area contributed by atoms with Crippen LogP contribution in [0, 0.1) is 22.7 Å². The van der Waals surface area contributed by atoms with Gasteiger partial charge in [0.25, 0.3) is 5.91 Å². The number of rotatable bonds is 7. The summed E-state index contributed by atoms with van der Waals surface area (Å²) in [6, 6.07) is 8.13. The SMILES string of the molecule is CO[C@@H](C)c1ncccc1-c1c2c3cc(ccc3n1C1CS(=O)(=O)C1)-c1csc(n1)[C@@H](N1CC3(COC3)C1)[C@H](NC(=O)[C@H]1OC[C@@H]1C)C(=O)N1CC3CC(C3)(N1)C(=O)OCC(C)(C)C2. The summed E-state index contributed by atoms with van der Waals surface area (Å²) in [6.07, 6.45) is 2.24. The van der Waals surface area contributed by atoms with E-state index in [1.165, 1.54) is 16.3 Å². The lowest BCUT2D eigenvalue weighted by atomic mass is 9.66. The van der Waals surface area contributed by atoms with Gasteiger partial charge in [0.15, 0.2) is 9.84 Å². The van der Waals surface area contributed by atoms with Gasteiger partial charge in [-0.15, -0.1) is 11.3 Å². The maximum Gasteiger partial charge on any atom is 0.328 e. The van der Waals surface area contributed by atoms with Gasteiger partial charge in [0, 0.05) is 77.1 Å². The molecule has 18 heteroatoms. The van der Waals surface area contributed by atoms with Gasteiger partial charge in [-0.3, -0.25) is 24.5 Å². The number of esters is 1. The van der Waals surface area contributed by atoms with Crippen LogP contribution >= 0.6 is 11.3 Å². The summed E-state index contributed by atoms with van der Waals surface area (Å²) in [5.41, 5.74) is 7.49. The number of aromatic nitrogens is 3. The molecule has 340 valence electrons. The molecule has 7 fully saturated rings. The van der Waals surface area contributed by atoms with Crippen LogP contribution in [0.25, 0.3) is 33.4 Å². The number of ether oxygens (including phenoxy) is 4. The molecule has 0 unspecified atom stereocenters.